The molecule has 1 saturated carbocycles. The van der Waals surface area contributed by atoms with Crippen LogP contribution < -0.4 is 0 Å². The molecule has 0 spiro atoms. The zero-order valence-corrected chi connectivity index (χ0v) is 12.7. The molecule has 20 heavy (non-hydrogen) atoms. The number of pyridine rings is 1. The van der Waals surface area contributed by atoms with E-state index in [0.717, 1.165) is 25.7 Å². The fourth-order valence-corrected chi connectivity index (χ4v) is 3.02. The van der Waals surface area contributed by atoms with Crippen molar-refractivity contribution in [2.75, 3.05) is 13.7 Å². The van der Waals surface area contributed by atoms with Crippen LogP contribution in [0.2, 0.25) is 5.15 Å². The molecule has 0 aromatic carbocycles. The third-order valence-electron chi connectivity index (χ3n) is 4.22. The summed E-state index contributed by atoms with van der Waals surface area (Å²) in [5.41, 5.74) is 1.28. The van der Waals surface area contributed by atoms with Gasteiger partial charge in [0.1, 0.15) is 5.15 Å². The number of carbonyl (C=O) groups is 1. The van der Waals surface area contributed by atoms with Gasteiger partial charge in [-0.15, -0.1) is 0 Å². The molecular weight excluding hydrogens is 276 g/mol. The first-order chi connectivity index (χ1) is 9.52. The molecule has 110 valence electrons. The van der Waals surface area contributed by atoms with E-state index in [4.69, 9.17) is 16.7 Å². The van der Waals surface area contributed by atoms with Crippen LogP contribution in [0.1, 0.15) is 41.7 Å². The Balaban J connectivity index is 2.05. The van der Waals surface area contributed by atoms with Crippen molar-refractivity contribution in [2.45, 2.75) is 38.6 Å². The number of aryl methyl sites for hydroxylation is 1. The molecule has 0 saturated heterocycles. The number of aliphatic hydroxyl groups is 1. The standard InChI is InChI=1S/C15H21ClN2O2/c1-10-13(7-8-14(16)17-10)15(20)18(2)12-5-3-11(9-19)4-6-12/h7-8,11-12,19H,3-6,9H2,1-2H3. The molecule has 1 amide bonds. The van der Waals surface area contributed by atoms with Gasteiger partial charge in [0.2, 0.25) is 0 Å². The Labute approximate surface area is 124 Å². The van der Waals surface area contributed by atoms with E-state index in [1.165, 1.54) is 0 Å². The van der Waals surface area contributed by atoms with Gasteiger partial charge < -0.3 is 10.0 Å². The van der Waals surface area contributed by atoms with Crippen molar-refractivity contribution in [3.05, 3.63) is 28.5 Å². The summed E-state index contributed by atoms with van der Waals surface area (Å²) in [6, 6.07) is 3.64. The molecule has 1 heterocycles. The van der Waals surface area contributed by atoms with Crippen LogP contribution in [0, 0.1) is 12.8 Å². The van der Waals surface area contributed by atoms with Crippen LogP contribution in [0.4, 0.5) is 0 Å². The van der Waals surface area contributed by atoms with Crippen molar-refractivity contribution in [1.82, 2.24) is 9.88 Å². The number of hydrogen-bond donors (Lipinski definition) is 1. The normalized spacial score (nSPS) is 22.6. The molecule has 1 fully saturated rings. The number of halogens is 1. The van der Waals surface area contributed by atoms with Crippen LogP contribution >= 0.6 is 11.6 Å². The summed E-state index contributed by atoms with van der Waals surface area (Å²) in [6.45, 7) is 2.06. The maximum absolute atomic E-state index is 12.5. The van der Waals surface area contributed by atoms with Gasteiger partial charge >= 0.3 is 0 Å². The fourth-order valence-electron chi connectivity index (χ4n) is 2.83. The highest BCUT2D eigenvalue weighted by molar-refractivity contribution is 6.29. The van der Waals surface area contributed by atoms with E-state index in [2.05, 4.69) is 4.98 Å². The molecule has 1 aliphatic rings. The van der Waals surface area contributed by atoms with E-state index in [-0.39, 0.29) is 18.6 Å². The van der Waals surface area contributed by atoms with Crippen LogP contribution in [-0.4, -0.2) is 40.6 Å². The molecule has 1 aromatic rings. The lowest BCUT2D eigenvalue weighted by atomic mass is 9.86. The van der Waals surface area contributed by atoms with Crippen LogP contribution in [0.15, 0.2) is 12.1 Å². The Kier molecular flexibility index (Phi) is 5.00. The summed E-state index contributed by atoms with van der Waals surface area (Å²) in [7, 11) is 1.85. The first-order valence-corrected chi connectivity index (χ1v) is 7.42. The first kappa shape index (κ1) is 15.3. The molecule has 0 aliphatic heterocycles. The third kappa shape index (κ3) is 3.30. The lowest BCUT2D eigenvalue weighted by Gasteiger charge is -2.34. The Morgan fingerprint density at radius 1 is 1.40 bits per heavy atom. The number of nitrogens with zero attached hydrogens (tertiary/aromatic N) is 2. The number of aliphatic hydroxyl groups excluding tert-OH is 1. The lowest BCUT2D eigenvalue weighted by Crippen LogP contribution is -2.40. The molecule has 0 radical (unpaired) electrons. The van der Waals surface area contributed by atoms with Gasteiger partial charge in [0.25, 0.3) is 5.91 Å². The zero-order valence-electron chi connectivity index (χ0n) is 12.0. The summed E-state index contributed by atoms with van der Waals surface area (Å²) >= 11 is 5.82. The Morgan fingerprint density at radius 2 is 2.05 bits per heavy atom. The highest BCUT2D eigenvalue weighted by Crippen LogP contribution is 2.27. The molecule has 4 nitrogen and oxygen atoms in total. The molecule has 5 heteroatoms. The predicted molar refractivity (Wildman–Crippen MR) is 78.9 cm³/mol. The summed E-state index contributed by atoms with van der Waals surface area (Å²) in [5, 5.41) is 9.57. The smallest absolute Gasteiger partial charge is 0.255 e. The van der Waals surface area contributed by atoms with Crippen molar-refractivity contribution in [3.63, 3.8) is 0 Å². The van der Waals surface area contributed by atoms with Crippen molar-refractivity contribution < 1.29 is 9.90 Å². The van der Waals surface area contributed by atoms with Crippen LogP contribution in [0.5, 0.6) is 0 Å². The van der Waals surface area contributed by atoms with Gasteiger partial charge in [-0.3, -0.25) is 4.79 Å². The molecule has 0 bridgehead atoms. The van der Waals surface area contributed by atoms with Crippen molar-refractivity contribution in [3.8, 4) is 0 Å². The van der Waals surface area contributed by atoms with E-state index in [1.807, 2.05) is 11.9 Å². The van der Waals surface area contributed by atoms with Crippen molar-refractivity contribution in [2.24, 2.45) is 5.92 Å². The van der Waals surface area contributed by atoms with E-state index in [0.29, 0.717) is 22.3 Å². The van der Waals surface area contributed by atoms with E-state index in [9.17, 15) is 4.79 Å². The average molecular weight is 297 g/mol. The van der Waals surface area contributed by atoms with E-state index < -0.39 is 0 Å². The molecular formula is C15H21ClN2O2. The average Bonchev–Trinajstić information content (AvgIpc) is 2.46. The minimum atomic E-state index is -0.000819. The minimum absolute atomic E-state index is 0.000819. The number of aromatic nitrogens is 1. The number of hydrogen-bond acceptors (Lipinski definition) is 3. The predicted octanol–water partition coefficient (Wildman–Crippen LogP) is 2.67. The largest absolute Gasteiger partial charge is 0.396 e. The molecule has 0 atom stereocenters. The number of rotatable bonds is 3. The van der Waals surface area contributed by atoms with Crippen LogP contribution in [0.3, 0.4) is 0 Å². The van der Waals surface area contributed by atoms with Gasteiger partial charge in [0.05, 0.1) is 11.3 Å². The quantitative estimate of drug-likeness (QED) is 0.873. The second-order valence-electron chi connectivity index (χ2n) is 5.54. The summed E-state index contributed by atoms with van der Waals surface area (Å²) < 4.78 is 0. The summed E-state index contributed by atoms with van der Waals surface area (Å²) in [6.07, 6.45) is 3.87. The molecule has 0 unspecified atom stereocenters. The number of carbonyl (C=O) groups excluding carboxylic acids is 1. The minimum Gasteiger partial charge on any atom is -0.396 e. The summed E-state index contributed by atoms with van der Waals surface area (Å²) in [5.74, 6) is 0.396. The highest BCUT2D eigenvalue weighted by atomic mass is 35.5. The van der Waals surface area contributed by atoms with Crippen LogP contribution in [0.25, 0.3) is 0 Å². The maximum Gasteiger partial charge on any atom is 0.255 e. The zero-order chi connectivity index (χ0) is 14.7. The van der Waals surface area contributed by atoms with Crippen molar-refractivity contribution in [1.29, 1.82) is 0 Å². The third-order valence-corrected chi connectivity index (χ3v) is 4.44. The van der Waals surface area contributed by atoms with Gasteiger partial charge in [-0.05, 0) is 50.7 Å². The Morgan fingerprint density at radius 3 is 2.60 bits per heavy atom. The van der Waals surface area contributed by atoms with Gasteiger partial charge in [0.15, 0.2) is 0 Å². The molecule has 1 N–H and O–H groups in total. The molecule has 1 aromatic heterocycles. The first-order valence-electron chi connectivity index (χ1n) is 7.04. The monoisotopic (exact) mass is 296 g/mol. The maximum atomic E-state index is 12.5. The van der Waals surface area contributed by atoms with E-state index >= 15 is 0 Å². The molecule has 1 aliphatic carbocycles. The lowest BCUT2D eigenvalue weighted by molar-refractivity contribution is 0.0651. The van der Waals surface area contributed by atoms with Crippen molar-refractivity contribution >= 4 is 17.5 Å². The van der Waals surface area contributed by atoms with Crippen LogP contribution in [-0.2, 0) is 0 Å². The number of amides is 1. The highest BCUT2D eigenvalue weighted by Gasteiger charge is 2.27. The van der Waals surface area contributed by atoms with Gasteiger partial charge in [0, 0.05) is 19.7 Å². The van der Waals surface area contributed by atoms with E-state index in [1.54, 1.807) is 19.1 Å². The van der Waals surface area contributed by atoms with Gasteiger partial charge in [-0.2, -0.15) is 0 Å². The Bertz CT molecular complexity index is 485. The second-order valence-corrected chi connectivity index (χ2v) is 5.93. The topological polar surface area (TPSA) is 53.4 Å². The molecule has 2 rings (SSSR count). The fraction of sp³-hybridized carbons (Fsp3) is 0.600. The second kappa shape index (κ2) is 6.55. The SMILES string of the molecule is Cc1nc(Cl)ccc1C(=O)N(C)C1CCC(CO)CC1. The Hall–Kier alpha value is -1.13. The van der Waals surface area contributed by atoms with Gasteiger partial charge in [-0.1, -0.05) is 11.6 Å². The van der Waals surface area contributed by atoms with Gasteiger partial charge in [-0.25, -0.2) is 4.98 Å². The summed E-state index contributed by atoms with van der Waals surface area (Å²) in [4.78, 5) is 18.5.